The molecule has 0 fully saturated rings. The largest absolute Gasteiger partial charge is 0.399 e. The highest BCUT2D eigenvalue weighted by Gasteiger charge is 2.03. The molecule has 0 saturated carbocycles. The van der Waals surface area contributed by atoms with Crippen LogP contribution >= 0.6 is 0 Å². The normalized spacial score (nSPS) is 10.5. The van der Waals surface area contributed by atoms with Gasteiger partial charge < -0.3 is 5.73 Å². The third-order valence-electron chi connectivity index (χ3n) is 3.19. The van der Waals surface area contributed by atoms with E-state index in [4.69, 9.17) is 5.73 Å². The van der Waals surface area contributed by atoms with Crippen molar-refractivity contribution >= 4 is 11.5 Å². The van der Waals surface area contributed by atoms with Gasteiger partial charge in [-0.25, -0.2) is 0 Å². The number of carbonyl (C=O) groups is 1. The number of nitrogen functional groups attached to an aromatic ring is 1. The lowest BCUT2D eigenvalue weighted by Gasteiger charge is -2.02. The van der Waals surface area contributed by atoms with Crippen LogP contribution in [0.1, 0.15) is 57.4 Å². The molecule has 0 aromatic heterocycles. The maximum absolute atomic E-state index is 11.8. The van der Waals surface area contributed by atoms with Crippen molar-refractivity contribution in [1.29, 1.82) is 0 Å². The molecule has 0 spiro atoms. The summed E-state index contributed by atoms with van der Waals surface area (Å²) in [6.45, 7) is 2.22. The summed E-state index contributed by atoms with van der Waals surface area (Å²) in [5.41, 5.74) is 7.43. The highest BCUT2D eigenvalue weighted by molar-refractivity contribution is 5.80. The fourth-order valence-corrected chi connectivity index (χ4v) is 2.05. The van der Waals surface area contributed by atoms with E-state index in [1.165, 1.54) is 32.1 Å². The topological polar surface area (TPSA) is 43.1 Å². The first-order valence-electron chi connectivity index (χ1n) is 7.08. The number of rotatable bonds is 9. The molecule has 0 amide bonds. The summed E-state index contributed by atoms with van der Waals surface area (Å²) in [7, 11) is 0. The van der Waals surface area contributed by atoms with Crippen LogP contribution in [0.4, 0.5) is 5.69 Å². The predicted octanol–water partition coefficient (Wildman–Crippen LogP) is 4.13. The second-order valence-electron chi connectivity index (χ2n) is 4.97. The lowest BCUT2D eigenvalue weighted by molar-refractivity contribution is -0.118. The third-order valence-corrected chi connectivity index (χ3v) is 3.19. The van der Waals surface area contributed by atoms with Crippen molar-refractivity contribution in [3.63, 3.8) is 0 Å². The van der Waals surface area contributed by atoms with Crippen LogP contribution in [0.25, 0.3) is 0 Å². The average Bonchev–Trinajstić information content (AvgIpc) is 2.36. The maximum atomic E-state index is 11.8. The van der Waals surface area contributed by atoms with E-state index in [0.717, 1.165) is 24.1 Å². The van der Waals surface area contributed by atoms with Gasteiger partial charge in [-0.15, -0.1) is 0 Å². The van der Waals surface area contributed by atoms with Crippen LogP contribution in [0, 0.1) is 0 Å². The molecule has 100 valence electrons. The zero-order chi connectivity index (χ0) is 13.2. The highest BCUT2D eigenvalue weighted by atomic mass is 16.1. The molecule has 0 unspecified atom stereocenters. The highest BCUT2D eigenvalue weighted by Crippen LogP contribution is 2.10. The second kappa shape index (κ2) is 8.73. The molecule has 0 aliphatic heterocycles. The quantitative estimate of drug-likeness (QED) is 0.526. The Bertz CT molecular complexity index is 343. The van der Waals surface area contributed by atoms with E-state index in [0.29, 0.717) is 12.2 Å². The molecule has 2 heteroatoms. The molecule has 0 heterocycles. The van der Waals surface area contributed by atoms with Crippen molar-refractivity contribution in [1.82, 2.24) is 0 Å². The second-order valence-corrected chi connectivity index (χ2v) is 4.97. The van der Waals surface area contributed by atoms with Crippen LogP contribution in [0.15, 0.2) is 24.3 Å². The molecule has 1 aromatic rings. The fraction of sp³-hybridized carbons (Fsp3) is 0.562. The maximum Gasteiger partial charge on any atom is 0.137 e. The van der Waals surface area contributed by atoms with Crippen LogP contribution < -0.4 is 5.73 Å². The Balaban J connectivity index is 2.12. The zero-order valence-electron chi connectivity index (χ0n) is 11.5. The van der Waals surface area contributed by atoms with E-state index >= 15 is 0 Å². The predicted molar refractivity (Wildman–Crippen MR) is 77.6 cm³/mol. The molecule has 0 atom stereocenters. The van der Waals surface area contributed by atoms with E-state index in [1.807, 2.05) is 24.3 Å². The summed E-state index contributed by atoms with van der Waals surface area (Å²) in [6, 6.07) is 7.59. The molecule has 0 aliphatic carbocycles. The van der Waals surface area contributed by atoms with Gasteiger partial charge in [0.15, 0.2) is 0 Å². The Labute approximate surface area is 111 Å². The first-order chi connectivity index (χ1) is 8.72. The number of nitrogens with two attached hydrogens (primary N) is 1. The molecule has 2 N–H and O–H groups in total. The number of anilines is 1. The molecule has 0 saturated heterocycles. The van der Waals surface area contributed by atoms with Crippen molar-refractivity contribution in [2.45, 2.75) is 58.3 Å². The first kappa shape index (κ1) is 14.7. The number of ketones is 1. The van der Waals surface area contributed by atoms with Crippen molar-refractivity contribution < 1.29 is 4.79 Å². The third kappa shape index (κ3) is 6.43. The lowest BCUT2D eigenvalue weighted by atomic mass is 10.0. The van der Waals surface area contributed by atoms with Gasteiger partial charge in [0, 0.05) is 18.5 Å². The van der Waals surface area contributed by atoms with Crippen LogP contribution in [-0.2, 0) is 11.2 Å². The molecule has 2 nitrogen and oxygen atoms in total. The molecule has 0 radical (unpaired) electrons. The van der Waals surface area contributed by atoms with Crippen LogP contribution in [0.2, 0.25) is 0 Å². The van der Waals surface area contributed by atoms with Crippen LogP contribution in [-0.4, -0.2) is 5.78 Å². The van der Waals surface area contributed by atoms with E-state index < -0.39 is 0 Å². The fourth-order valence-electron chi connectivity index (χ4n) is 2.05. The van der Waals surface area contributed by atoms with E-state index in [1.54, 1.807) is 0 Å². The number of unbranched alkanes of at least 4 members (excludes halogenated alkanes) is 5. The number of hydrogen-bond donors (Lipinski definition) is 1. The standard InChI is InChI=1S/C16H25NO/c1-2-3-4-5-6-7-8-16(18)13-14-9-11-15(17)12-10-14/h9-12H,2-8,13,17H2,1H3. The number of benzene rings is 1. The molecule has 1 aromatic carbocycles. The lowest BCUT2D eigenvalue weighted by Crippen LogP contribution is -2.02. The molecular formula is C16H25NO. The van der Waals surface area contributed by atoms with Crippen molar-refractivity contribution in [2.75, 3.05) is 5.73 Å². The molecule has 0 bridgehead atoms. The van der Waals surface area contributed by atoms with Gasteiger partial charge in [0.1, 0.15) is 5.78 Å². The van der Waals surface area contributed by atoms with Gasteiger partial charge in [0.05, 0.1) is 0 Å². The molecule has 18 heavy (non-hydrogen) atoms. The number of Topliss-reactive ketones (excluding diaryl/α,β-unsaturated/α-hetero) is 1. The average molecular weight is 247 g/mol. The number of carbonyl (C=O) groups excluding carboxylic acids is 1. The van der Waals surface area contributed by atoms with Gasteiger partial charge >= 0.3 is 0 Å². The van der Waals surface area contributed by atoms with Gasteiger partial charge in [0.25, 0.3) is 0 Å². The van der Waals surface area contributed by atoms with Crippen molar-refractivity contribution in [3.05, 3.63) is 29.8 Å². The summed E-state index contributed by atoms with van der Waals surface area (Å²) in [5.74, 6) is 0.343. The van der Waals surface area contributed by atoms with E-state index in [9.17, 15) is 4.79 Å². The Morgan fingerprint density at radius 3 is 2.28 bits per heavy atom. The Morgan fingerprint density at radius 2 is 1.61 bits per heavy atom. The van der Waals surface area contributed by atoms with Crippen LogP contribution in [0.5, 0.6) is 0 Å². The Kier molecular flexibility index (Phi) is 7.16. The minimum absolute atomic E-state index is 0.343. The first-order valence-corrected chi connectivity index (χ1v) is 7.08. The minimum atomic E-state index is 0.343. The Morgan fingerprint density at radius 1 is 1.00 bits per heavy atom. The van der Waals surface area contributed by atoms with Gasteiger partial charge in [-0.05, 0) is 24.1 Å². The number of hydrogen-bond acceptors (Lipinski definition) is 2. The van der Waals surface area contributed by atoms with E-state index in [2.05, 4.69) is 6.92 Å². The molecule has 0 aliphatic rings. The van der Waals surface area contributed by atoms with Gasteiger partial charge in [-0.3, -0.25) is 4.79 Å². The summed E-state index contributed by atoms with van der Waals surface area (Å²) >= 11 is 0. The SMILES string of the molecule is CCCCCCCCC(=O)Cc1ccc(N)cc1. The molecule has 1 rings (SSSR count). The smallest absolute Gasteiger partial charge is 0.137 e. The van der Waals surface area contributed by atoms with Gasteiger partial charge in [-0.2, -0.15) is 0 Å². The van der Waals surface area contributed by atoms with Crippen molar-refractivity contribution in [2.24, 2.45) is 0 Å². The Hall–Kier alpha value is -1.31. The van der Waals surface area contributed by atoms with Crippen LogP contribution in [0.3, 0.4) is 0 Å². The monoisotopic (exact) mass is 247 g/mol. The zero-order valence-corrected chi connectivity index (χ0v) is 11.5. The summed E-state index contributed by atoms with van der Waals surface area (Å²) in [4.78, 5) is 11.8. The molecular weight excluding hydrogens is 222 g/mol. The summed E-state index contributed by atoms with van der Waals surface area (Å²) < 4.78 is 0. The summed E-state index contributed by atoms with van der Waals surface area (Å²) in [6.07, 6.45) is 8.66. The van der Waals surface area contributed by atoms with Gasteiger partial charge in [0.2, 0.25) is 0 Å². The van der Waals surface area contributed by atoms with Crippen molar-refractivity contribution in [3.8, 4) is 0 Å². The van der Waals surface area contributed by atoms with Gasteiger partial charge in [-0.1, -0.05) is 51.2 Å². The van der Waals surface area contributed by atoms with E-state index in [-0.39, 0.29) is 0 Å². The summed E-state index contributed by atoms with van der Waals surface area (Å²) in [5, 5.41) is 0. The minimum Gasteiger partial charge on any atom is -0.399 e.